The number of aliphatic hydroxyl groups is 1. The first kappa shape index (κ1) is 10.5. The molecule has 0 bridgehead atoms. The van der Waals surface area contributed by atoms with E-state index in [0.717, 1.165) is 0 Å². The van der Waals surface area contributed by atoms with Gasteiger partial charge in [-0.3, -0.25) is 0 Å². The minimum Gasteiger partial charge on any atom is -0.829 e. The monoisotopic (exact) mass is 114 g/mol. The van der Waals surface area contributed by atoms with Crippen LogP contribution in [0.25, 0.3) is 0 Å². The summed E-state index contributed by atoms with van der Waals surface area (Å²) in [7, 11) is 0. The van der Waals surface area contributed by atoms with Crippen molar-refractivity contribution in [1.82, 2.24) is 0 Å². The maximum atomic E-state index is 9.66. The van der Waals surface area contributed by atoms with Gasteiger partial charge in [-0.1, -0.05) is 13.8 Å². The minimum absolute atomic E-state index is 0. The van der Waals surface area contributed by atoms with Crippen molar-refractivity contribution in [2.75, 3.05) is 0 Å². The third-order valence-electron chi connectivity index (χ3n) is 0. The van der Waals surface area contributed by atoms with Crippen molar-refractivity contribution in [2.45, 2.75) is 19.6 Å². The van der Waals surface area contributed by atoms with Crippen LogP contribution in [-0.4, -0.2) is 10.9 Å². The smallest absolute Gasteiger partial charge is 0.829 e. The molecule has 0 unspecified atom stereocenters. The molecule has 1 N–H and O–H groups in total. The molecule has 0 radical (unpaired) electrons. The second kappa shape index (κ2) is 3.55. The van der Waals surface area contributed by atoms with Crippen molar-refractivity contribution in [2.24, 2.45) is 0 Å². The second-order valence-electron chi connectivity index (χ2n) is 1.45. The van der Waals surface area contributed by atoms with E-state index in [1.165, 1.54) is 13.8 Å². The average Bonchev–Trinajstić information content (AvgIpc) is 0.722. The van der Waals surface area contributed by atoms with E-state index >= 15 is 0 Å². The Morgan fingerprint density at radius 3 is 1.50 bits per heavy atom. The van der Waals surface area contributed by atoms with E-state index in [4.69, 9.17) is 5.11 Å². The molecule has 0 saturated heterocycles. The summed E-state index contributed by atoms with van der Waals surface area (Å²) in [6, 6.07) is 0. The maximum Gasteiger partial charge on any atom is 1.00 e. The first-order valence-corrected chi connectivity index (χ1v) is 1.43. The molecule has 0 aliphatic heterocycles. The van der Waals surface area contributed by atoms with E-state index in [0.29, 0.717) is 0 Å². The summed E-state index contributed by atoms with van der Waals surface area (Å²) in [5, 5.41) is 17.6. The molecule has 0 atom stereocenters. The van der Waals surface area contributed by atoms with Gasteiger partial charge in [0.2, 0.25) is 0 Å². The first-order chi connectivity index (χ1) is 2.00. The fourth-order valence-electron chi connectivity index (χ4n) is 0. The fourth-order valence-corrected chi connectivity index (χ4v) is 0. The van der Waals surface area contributed by atoms with E-state index in [1.54, 1.807) is 0 Å². The summed E-state index contributed by atoms with van der Waals surface area (Å²) < 4.78 is 0. The van der Waals surface area contributed by atoms with Gasteiger partial charge < -0.3 is 10.2 Å². The van der Waals surface area contributed by atoms with E-state index in [2.05, 4.69) is 0 Å². The molecule has 0 aromatic heterocycles. The first-order valence-electron chi connectivity index (χ1n) is 1.43. The molecule has 0 rings (SSSR count). The van der Waals surface area contributed by atoms with Crippen LogP contribution in [0.4, 0.5) is 0 Å². The van der Waals surface area contributed by atoms with Crippen molar-refractivity contribution >= 4 is 0 Å². The quantitative estimate of drug-likeness (QED) is 0.258. The molecular formula is C3H7KO2. The minimum atomic E-state index is -1.75. The summed E-state index contributed by atoms with van der Waals surface area (Å²) in [5.74, 6) is -1.75. The van der Waals surface area contributed by atoms with Crippen LogP contribution in [0.2, 0.25) is 0 Å². The average molecular weight is 114 g/mol. The largest absolute Gasteiger partial charge is 1.00 e. The Balaban J connectivity index is 0. The normalized spacial score (nSPS) is 10.0. The van der Waals surface area contributed by atoms with Gasteiger partial charge in [0.15, 0.2) is 0 Å². The van der Waals surface area contributed by atoms with Crippen molar-refractivity contribution < 1.29 is 61.6 Å². The molecule has 0 aromatic rings. The number of rotatable bonds is 0. The summed E-state index contributed by atoms with van der Waals surface area (Å²) in [4.78, 5) is 0. The Morgan fingerprint density at radius 2 is 1.50 bits per heavy atom. The second-order valence-corrected chi connectivity index (χ2v) is 1.45. The van der Waals surface area contributed by atoms with Crippen molar-refractivity contribution in [3.05, 3.63) is 0 Å². The SMILES string of the molecule is CC(C)([O-])O.[K+]. The van der Waals surface area contributed by atoms with Gasteiger partial charge in [0.1, 0.15) is 0 Å². The van der Waals surface area contributed by atoms with Crippen LogP contribution in [0.15, 0.2) is 0 Å². The third kappa shape index (κ3) is 47.6. The molecule has 0 aliphatic rings. The zero-order chi connectivity index (χ0) is 4.50. The summed E-state index contributed by atoms with van der Waals surface area (Å²) in [6.45, 7) is 2.38. The van der Waals surface area contributed by atoms with Gasteiger partial charge in [0.25, 0.3) is 0 Å². The zero-order valence-electron chi connectivity index (χ0n) is 4.36. The Hall–Kier alpha value is 1.56. The molecule has 0 fully saturated rings. The summed E-state index contributed by atoms with van der Waals surface area (Å²) in [6.07, 6.45) is 0. The van der Waals surface area contributed by atoms with Crippen LogP contribution in [0, 0.1) is 0 Å². The van der Waals surface area contributed by atoms with Crippen LogP contribution in [0.3, 0.4) is 0 Å². The van der Waals surface area contributed by atoms with Crippen molar-refractivity contribution in [3.8, 4) is 0 Å². The van der Waals surface area contributed by atoms with Crippen LogP contribution in [0.5, 0.6) is 0 Å². The molecule has 2 nitrogen and oxygen atoms in total. The molecule has 0 heterocycles. The van der Waals surface area contributed by atoms with E-state index in [-0.39, 0.29) is 51.4 Å². The molecule has 6 heavy (non-hydrogen) atoms. The predicted molar refractivity (Wildman–Crippen MR) is 16.3 cm³/mol. The fraction of sp³-hybridized carbons (Fsp3) is 1.00. The predicted octanol–water partition coefficient (Wildman–Crippen LogP) is -3.92. The van der Waals surface area contributed by atoms with Gasteiger partial charge >= 0.3 is 51.4 Å². The summed E-state index contributed by atoms with van der Waals surface area (Å²) >= 11 is 0. The van der Waals surface area contributed by atoms with Crippen LogP contribution in [-0.2, 0) is 0 Å². The summed E-state index contributed by atoms with van der Waals surface area (Å²) in [5.41, 5.74) is 0. The van der Waals surface area contributed by atoms with Gasteiger partial charge in [0, 0.05) is 0 Å². The molecule has 0 aromatic carbocycles. The Morgan fingerprint density at radius 1 is 1.50 bits per heavy atom. The number of hydrogen-bond acceptors (Lipinski definition) is 2. The molecule has 0 amide bonds. The van der Waals surface area contributed by atoms with Gasteiger partial charge in [-0.25, -0.2) is 0 Å². The third-order valence-corrected chi connectivity index (χ3v) is 0. The van der Waals surface area contributed by atoms with Crippen LogP contribution in [0.1, 0.15) is 13.8 Å². The molecule has 0 saturated carbocycles. The number of hydrogen-bond donors (Lipinski definition) is 1. The van der Waals surface area contributed by atoms with Gasteiger partial charge in [-0.15, -0.1) is 0 Å². The molecule has 32 valence electrons. The maximum absolute atomic E-state index is 9.66. The Bertz CT molecular complexity index is 24.3. The van der Waals surface area contributed by atoms with Crippen LogP contribution >= 0.6 is 0 Å². The molecule has 0 aliphatic carbocycles. The molecule has 3 heteroatoms. The molecular weight excluding hydrogens is 107 g/mol. The van der Waals surface area contributed by atoms with E-state index < -0.39 is 5.79 Å². The Kier molecular flexibility index (Phi) is 6.22. The van der Waals surface area contributed by atoms with Crippen molar-refractivity contribution in [1.29, 1.82) is 0 Å². The zero-order valence-corrected chi connectivity index (χ0v) is 7.48. The topological polar surface area (TPSA) is 43.3 Å². The van der Waals surface area contributed by atoms with Gasteiger partial charge in [0.05, 0.1) is 0 Å². The van der Waals surface area contributed by atoms with Crippen LogP contribution < -0.4 is 56.5 Å². The van der Waals surface area contributed by atoms with Gasteiger partial charge in [-0.05, 0) is 5.79 Å². The van der Waals surface area contributed by atoms with Crippen molar-refractivity contribution in [3.63, 3.8) is 0 Å². The standard InChI is InChI=1S/C3H7O2.K/c1-3(2,4)5;/h4H,1-2H3;/q-1;+1. The van der Waals surface area contributed by atoms with E-state index in [9.17, 15) is 5.11 Å². The Labute approximate surface area is 80.0 Å². The van der Waals surface area contributed by atoms with E-state index in [1.807, 2.05) is 0 Å². The molecule has 0 spiro atoms. The van der Waals surface area contributed by atoms with Gasteiger partial charge in [-0.2, -0.15) is 0 Å².